The van der Waals surface area contributed by atoms with Gasteiger partial charge in [-0.25, -0.2) is 0 Å². The van der Waals surface area contributed by atoms with E-state index < -0.39 is 6.10 Å². The fourth-order valence-electron chi connectivity index (χ4n) is 2.21. The molecule has 0 fully saturated rings. The number of nitrogens with zero attached hydrogens (tertiary/aromatic N) is 2. The fourth-order valence-corrected chi connectivity index (χ4v) is 2.56. The number of halogens is 1. The first-order valence-electron chi connectivity index (χ1n) is 6.54. The van der Waals surface area contributed by atoms with Crippen LogP contribution in [0, 0.1) is 6.92 Å². The second-order valence-corrected chi connectivity index (χ2v) is 4.94. The van der Waals surface area contributed by atoms with Crippen molar-refractivity contribution in [2.24, 2.45) is 0 Å². The van der Waals surface area contributed by atoms with E-state index in [4.69, 9.17) is 16.0 Å². The lowest BCUT2D eigenvalue weighted by Crippen LogP contribution is -2.09. The molecule has 2 aromatic rings. The van der Waals surface area contributed by atoms with Gasteiger partial charge in [0.15, 0.2) is 0 Å². The summed E-state index contributed by atoms with van der Waals surface area (Å²) in [6, 6.07) is 1.84. The predicted octanol–water partition coefficient (Wildman–Crippen LogP) is 3.30. The van der Waals surface area contributed by atoms with Gasteiger partial charge in [0.1, 0.15) is 11.9 Å². The van der Waals surface area contributed by atoms with Gasteiger partial charge in [-0.2, -0.15) is 5.10 Å². The lowest BCUT2D eigenvalue weighted by atomic mass is 10.1. The molecule has 2 aromatic heterocycles. The summed E-state index contributed by atoms with van der Waals surface area (Å²) in [4.78, 5) is 0. The highest BCUT2D eigenvalue weighted by molar-refractivity contribution is 6.31. The van der Waals surface area contributed by atoms with E-state index in [1.807, 2.05) is 31.5 Å². The van der Waals surface area contributed by atoms with Crippen molar-refractivity contribution in [3.8, 4) is 0 Å². The second-order valence-electron chi connectivity index (χ2n) is 4.56. The molecular formula is C14H19ClN2O2. The van der Waals surface area contributed by atoms with Crippen LogP contribution in [0.1, 0.15) is 42.7 Å². The van der Waals surface area contributed by atoms with Crippen LogP contribution < -0.4 is 0 Å². The minimum atomic E-state index is -0.695. The third-order valence-corrected chi connectivity index (χ3v) is 3.72. The van der Waals surface area contributed by atoms with Crippen molar-refractivity contribution in [2.75, 3.05) is 0 Å². The topological polar surface area (TPSA) is 51.2 Å². The van der Waals surface area contributed by atoms with Crippen LogP contribution in [0.25, 0.3) is 0 Å². The molecule has 1 unspecified atom stereocenters. The molecule has 0 aliphatic carbocycles. The van der Waals surface area contributed by atoms with Crippen molar-refractivity contribution >= 4 is 11.6 Å². The molecular weight excluding hydrogens is 264 g/mol. The van der Waals surface area contributed by atoms with Crippen molar-refractivity contribution in [1.29, 1.82) is 0 Å². The van der Waals surface area contributed by atoms with Crippen LogP contribution in [0.5, 0.6) is 0 Å². The summed E-state index contributed by atoms with van der Waals surface area (Å²) in [6.45, 7) is 6.68. The highest BCUT2D eigenvalue weighted by Gasteiger charge is 2.21. The highest BCUT2D eigenvalue weighted by atomic mass is 35.5. The van der Waals surface area contributed by atoms with Crippen LogP contribution in [0.2, 0.25) is 5.02 Å². The highest BCUT2D eigenvalue weighted by Crippen LogP contribution is 2.28. The van der Waals surface area contributed by atoms with Gasteiger partial charge < -0.3 is 9.52 Å². The summed E-state index contributed by atoms with van der Waals surface area (Å²) >= 11 is 6.33. The van der Waals surface area contributed by atoms with E-state index in [-0.39, 0.29) is 0 Å². The molecule has 19 heavy (non-hydrogen) atoms. The Labute approximate surface area is 118 Å². The molecule has 0 radical (unpaired) electrons. The third kappa shape index (κ3) is 2.69. The summed E-state index contributed by atoms with van der Waals surface area (Å²) < 4.78 is 7.17. The van der Waals surface area contributed by atoms with E-state index in [0.717, 1.165) is 29.9 Å². The van der Waals surface area contributed by atoms with E-state index in [0.29, 0.717) is 17.2 Å². The molecule has 5 heteroatoms. The van der Waals surface area contributed by atoms with E-state index >= 15 is 0 Å². The molecule has 0 saturated heterocycles. The largest absolute Gasteiger partial charge is 0.466 e. The maximum Gasteiger partial charge on any atom is 0.135 e. The predicted molar refractivity (Wildman–Crippen MR) is 74.4 cm³/mol. The number of aryl methyl sites for hydroxylation is 3. The third-order valence-electron chi connectivity index (χ3n) is 3.29. The van der Waals surface area contributed by atoms with Crippen LogP contribution in [0.15, 0.2) is 16.7 Å². The molecule has 0 saturated carbocycles. The second kappa shape index (κ2) is 5.80. The summed E-state index contributed by atoms with van der Waals surface area (Å²) in [5, 5.41) is 15.4. The van der Waals surface area contributed by atoms with Crippen LogP contribution >= 0.6 is 11.6 Å². The van der Waals surface area contributed by atoms with Gasteiger partial charge in [-0.3, -0.25) is 4.68 Å². The van der Waals surface area contributed by atoms with E-state index in [1.54, 1.807) is 6.26 Å². The minimum absolute atomic E-state index is 0.411. The first-order valence-corrected chi connectivity index (χ1v) is 6.92. The molecule has 2 heterocycles. The molecule has 0 spiro atoms. The van der Waals surface area contributed by atoms with Gasteiger partial charge in [-0.1, -0.05) is 18.5 Å². The van der Waals surface area contributed by atoms with Crippen LogP contribution in [0.4, 0.5) is 0 Å². The Morgan fingerprint density at radius 2 is 2.21 bits per heavy atom. The molecule has 0 aromatic carbocycles. The Balaban J connectivity index is 2.28. The minimum Gasteiger partial charge on any atom is -0.466 e. The molecule has 1 atom stereocenters. The number of rotatable bonds is 5. The maximum absolute atomic E-state index is 10.3. The smallest absolute Gasteiger partial charge is 0.135 e. The Hall–Kier alpha value is -1.26. The summed E-state index contributed by atoms with van der Waals surface area (Å²) in [7, 11) is 0. The Morgan fingerprint density at radius 1 is 1.47 bits per heavy atom. The zero-order valence-electron chi connectivity index (χ0n) is 11.5. The summed E-state index contributed by atoms with van der Waals surface area (Å²) in [6.07, 6.45) is 2.09. The number of hydrogen-bond acceptors (Lipinski definition) is 3. The molecule has 104 valence electrons. The van der Waals surface area contributed by atoms with Crippen molar-refractivity contribution in [2.45, 2.75) is 46.3 Å². The Morgan fingerprint density at radius 3 is 2.74 bits per heavy atom. The lowest BCUT2D eigenvalue weighted by Gasteiger charge is -2.11. The van der Waals surface area contributed by atoms with E-state index in [9.17, 15) is 5.11 Å². The van der Waals surface area contributed by atoms with Crippen molar-refractivity contribution in [3.05, 3.63) is 40.1 Å². The maximum atomic E-state index is 10.3. The average Bonchev–Trinajstić information content (AvgIpc) is 2.95. The zero-order valence-corrected chi connectivity index (χ0v) is 12.2. The Kier molecular flexibility index (Phi) is 4.32. The SMILES string of the molecule is CCc1nn(CC)c(CC(O)c2occc2C)c1Cl. The summed E-state index contributed by atoms with van der Waals surface area (Å²) in [5.74, 6) is 0.595. The van der Waals surface area contributed by atoms with Crippen LogP contribution in [0.3, 0.4) is 0 Å². The quantitative estimate of drug-likeness (QED) is 0.915. The Bertz CT molecular complexity index is 560. The van der Waals surface area contributed by atoms with Crippen molar-refractivity contribution < 1.29 is 9.52 Å². The standard InChI is InChI=1S/C14H19ClN2O2/c1-4-10-13(15)11(17(5-2)16-10)8-12(18)14-9(3)6-7-19-14/h6-7,12,18H,4-5,8H2,1-3H3. The van der Waals surface area contributed by atoms with Gasteiger partial charge in [-0.05, 0) is 31.9 Å². The number of aliphatic hydroxyl groups excluding tert-OH is 1. The molecule has 0 aliphatic rings. The first-order chi connectivity index (χ1) is 9.08. The molecule has 1 N–H and O–H groups in total. The fraction of sp³-hybridized carbons (Fsp3) is 0.500. The first kappa shape index (κ1) is 14.2. The molecule has 0 aliphatic heterocycles. The number of hydrogen-bond donors (Lipinski definition) is 1. The monoisotopic (exact) mass is 282 g/mol. The van der Waals surface area contributed by atoms with Gasteiger partial charge in [0.2, 0.25) is 0 Å². The van der Waals surface area contributed by atoms with Gasteiger partial charge in [0, 0.05) is 13.0 Å². The molecule has 4 nitrogen and oxygen atoms in total. The van der Waals surface area contributed by atoms with Gasteiger partial charge >= 0.3 is 0 Å². The molecule has 2 rings (SSSR count). The normalized spacial score (nSPS) is 12.9. The van der Waals surface area contributed by atoms with E-state index in [2.05, 4.69) is 5.10 Å². The lowest BCUT2D eigenvalue weighted by molar-refractivity contribution is 0.146. The van der Waals surface area contributed by atoms with Crippen LogP contribution in [-0.4, -0.2) is 14.9 Å². The van der Waals surface area contributed by atoms with Gasteiger partial charge in [-0.15, -0.1) is 0 Å². The van der Waals surface area contributed by atoms with Crippen molar-refractivity contribution in [1.82, 2.24) is 9.78 Å². The number of furan rings is 1. The van der Waals surface area contributed by atoms with Gasteiger partial charge in [0.25, 0.3) is 0 Å². The van der Waals surface area contributed by atoms with Crippen molar-refractivity contribution in [3.63, 3.8) is 0 Å². The average molecular weight is 283 g/mol. The molecule has 0 amide bonds. The number of aliphatic hydroxyl groups is 1. The summed E-state index contributed by atoms with van der Waals surface area (Å²) in [5.41, 5.74) is 2.69. The van der Waals surface area contributed by atoms with Crippen LogP contribution in [-0.2, 0) is 19.4 Å². The van der Waals surface area contributed by atoms with Gasteiger partial charge in [0.05, 0.1) is 22.7 Å². The molecule has 0 bridgehead atoms. The number of aromatic nitrogens is 2. The zero-order chi connectivity index (χ0) is 14.0. The van der Waals surface area contributed by atoms with E-state index in [1.165, 1.54) is 0 Å².